The van der Waals surface area contributed by atoms with E-state index in [0.29, 0.717) is 23.6 Å². The summed E-state index contributed by atoms with van der Waals surface area (Å²) in [6.07, 6.45) is 3.69. The van der Waals surface area contributed by atoms with Crippen molar-refractivity contribution in [3.05, 3.63) is 70.9 Å². The lowest BCUT2D eigenvalue weighted by molar-refractivity contribution is 0.0949. The highest BCUT2D eigenvalue weighted by atomic mass is 16.5. The highest BCUT2D eigenvalue weighted by Gasteiger charge is 2.16. The van der Waals surface area contributed by atoms with E-state index >= 15 is 0 Å². The van der Waals surface area contributed by atoms with Gasteiger partial charge in [0.1, 0.15) is 11.3 Å². The van der Waals surface area contributed by atoms with E-state index in [1.54, 1.807) is 20.0 Å². The van der Waals surface area contributed by atoms with Gasteiger partial charge in [-0.05, 0) is 31.0 Å². The average molecular weight is 310 g/mol. The van der Waals surface area contributed by atoms with Crippen LogP contribution in [0.4, 0.5) is 0 Å². The van der Waals surface area contributed by atoms with Crippen LogP contribution in [0.5, 0.6) is 0 Å². The predicted molar refractivity (Wildman–Crippen MR) is 84.9 cm³/mol. The number of hydrogen-bond acceptors (Lipinski definition) is 4. The summed E-state index contributed by atoms with van der Waals surface area (Å²) in [5.74, 6) is 0.372. The number of benzene rings is 1. The third-order valence-corrected chi connectivity index (χ3v) is 3.64. The number of aromatic nitrogens is 3. The number of rotatable bonds is 5. The smallest absolute Gasteiger partial charge is 0.257 e. The molecule has 0 aliphatic rings. The number of amides is 1. The Morgan fingerprint density at radius 3 is 2.57 bits per heavy atom. The number of nitrogens with zero attached hydrogens (tertiary/aromatic N) is 3. The minimum absolute atomic E-state index is 0.165. The van der Waals surface area contributed by atoms with Gasteiger partial charge in [0.15, 0.2) is 0 Å². The van der Waals surface area contributed by atoms with E-state index in [4.69, 9.17) is 4.52 Å². The molecule has 0 aliphatic heterocycles. The molecular weight excluding hydrogens is 292 g/mol. The Morgan fingerprint density at radius 2 is 1.96 bits per heavy atom. The first-order valence-electron chi connectivity index (χ1n) is 7.40. The maximum atomic E-state index is 12.2. The molecule has 3 aromatic rings. The Labute approximate surface area is 134 Å². The zero-order valence-electron chi connectivity index (χ0n) is 13.1. The van der Waals surface area contributed by atoms with Crippen molar-refractivity contribution in [1.82, 2.24) is 20.3 Å². The molecule has 0 radical (unpaired) electrons. The lowest BCUT2D eigenvalue weighted by atomic mass is 10.1. The Morgan fingerprint density at radius 1 is 1.22 bits per heavy atom. The van der Waals surface area contributed by atoms with Crippen molar-refractivity contribution in [1.29, 1.82) is 0 Å². The van der Waals surface area contributed by atoms with Crippen LogP contribution in [-0.4, -0.2) is 20.8 Å². The van der Waals surface area contributed by atoms with Crippen molar-refractivity contribution in [2.45, 2.75) is 26.9 Å². The molecule has 3 rings (SSSR count). The van der Waals surface area contributed by atoms with Crippen LogP contribution in [0.25, 0.3) is 0 Å². The summed E-state index contributed by atoms with van der Waals surface area (Å²) < 4.78 is 6.88. The summed E-state index contributed by atoms with van der Waals surface area (Å²) in [6, 6.07) is 10.00. The van der Waals surface area contributed by atoms with Gasteiger partial charge < -0.3 is 9.84 Å². The molecule has 0 saturated heterocycles. The van der Waals surface area contributed by atoms with Crippen LogP contribution in [0.15, 0.2) is 47.2 Å². The van der Waals surface area contributed by atoms with Gasteiger partial charge in [-0.25, -0.2) is 0 Å². The highest BCUT2D eigenvalue weighted by molar-refractivity contribution is 5.95. The quantitative estimate of drug-likeness (QED) is 0.785. The Bertz CT molecular complexity index is 769. The van der Waals surface area contributed by atoms with E-state index in [2.05, 4.69) is 15.6 Å². The van der Waals surface area contributed by atoms with Gasteiger partial charge in [0, 0.05) is 18.9 Å². The molecule has 6 nitrogen and oxygen atoms in total. The third-order valence-electron chi connectivity index (χ3n) is 3.64. The summed E-state index contributed by atoms with van der Waals surface area (Å²) in [7, 11) is 0. The minimum Gasteiger partial charge on any atom is -0.361 e. The van der Waals surface area contributed by atoms with Gasteiger partial charge in [0.25, 0.3) is 5.91 Å². The fourth-order valence-electron chi connectivity index (χ4n) is 2.42. The zero-order valence-corrected chi connectivity index (χ0v) is 13.1. The molecule has 1 N–H and O–H groups in total. The summed E-state index contributed by atoms with van der Waals surface area (Å²) in [5, 5.41) is 10.9. The van der Waals surface area contributed by atoms with Crippen molar-refractivity contribution in [2.24, 2.45) is 0 Å². The summed E-state index contributed by atoms with van der Waals surface area (Å²) >= 11 is 0. The fourth-order valence-corrected chi connectivity index (χ4v) is 2.42. The summed E-state index contributed by atoms with van der Waals surface area (Å²) in [6.45, 7) is 4.69. The highest BCUT2D eigenvalue weighted by Crippen LogP contribution is 2.12. The maximum absolute atomic E-state index is 12.2. The molecule has 1 aromatic carbocycles. The maximum Gasteiger partial charge on any atom is 0.257 e. The van der Waals surface area contributed by atoms with Gasteiger partial charge in [-0.3, -0.25) is 9.48 Å². The molecule has 0 unspecified atom stereocenters. The van der Waals surface area contributed by atoms with E-state index in [9.17, 15) is 4.79 Å². The normalized spacial score (nSPS) is 10.7. The van der Waals surface area contributed by atoms with Crippen LogP contribution in [0.3, 0.4) is 0 Å². The molecule has 0 fully saturated rings. The molecule has 23 heavy (non-hydrogen) atoms. The first-order chi connectivity index (χ1) is 11.1. The van der Waals surface area contributed by atoms with Crippen LogP contribution in [0, 0.1) is 13.8 Å². The van der Waals surface area contributed by atoms with Gasteiger partial charge in [-0.1, -0.05) is 29.4 Å². The van der Waals surface area contributed by atoms with E-state index in [1.165, 1.54) is 0 Å². The first-order valence-corrected chi connectivity index (χ1v) is 7.40. The van der Waals surface area contributed by atoms with Gasteiger partial charge in [0.05, 0.1) is 12.2 Å². The molecule has 6 heteroatoms. The Hall–Kier alpha value is -2.89. The largest absolute Gasteiger partial charge is 0.361 e. The molecular formula is C17H18N4O2. The topological polar surface area (TPSA) is 73.0 Å². The molecule has 118 valence electrons. The van der Waals surface area contributed by atoms with Crippen LogP contribution < -0.4 is 5.32 Å². The number of nitrogens with one attached hydrogen (secondary N) is 1. The van der Waals surface area contributed by atoms with E-state index in [0.717, 1.165) is 17.7 Å². The standard InChI is InChI=1S/C17H18N4O2/c1-12-16(13(2)23-20-12)17(22)18-10-14-4-6-15(7-5-14)11-21-9-3-8-19-21/h3-9H,10-11H2,1-2H3,(H,18,22). The van der Waals surface area contributed by atoms with E-state index < -0.39 is 0 Å². The van der Waals surface area contributed by atoms with Crippen LogP contribution >= 0.6 is 0 Å². The number of hydrogen-bond donors (Lipinski definition) is 1. The third kappa shape index (κ3) is 3.48. The van der Waals surface area contributed by atoms with Crippen molar-refractivity contribution in [2.75, 3.05) is 0 Å². The number of aryl methyl sites for hydroxylation is 2. The van der Waals surface area contributed by atoms with E-state index in [1.807, 2.05) is 41.2 Å². The van der Waals surface area contributed by atoms with Crippen molar-refractivity contribution in [3.63, 3.8) is 0 Å². The Kier molecular flexibility index (Phi) is 4.23. The molecule has 0 spiro atoms. The molecule has 0 saturated carbocycles. The Balaban J connectivity index is 1.59. The molecule has 0 bridgehead atoms. The second-order valence-electron chi connectivity index (χ2n) is 5.40. The molecule has 0 atom stereocenters. The van der Waals surface area contributed by atoms with Gasteiger partial charge in [-0.2, -0.15) is 5.10 Å². The lowest BCUT2D eigenvalue weighted by Crippen LogP contribution is -2.23. The van der Waals surface area contributed by atoms with Gasteiger partial charge in [-0.15, -0.1) is 0 Å². The molecule has 1 amide bonds. The number of carbonyl (C=O) groups is 1. The monoisotopic (exact) mass is 310 g/mol. The van der Waals surface area contributed by atoms with E-state index in [-0.39, 0.29) is 5.91 Å². The predicted octanol–water partition coefficient (Wildman–Crippen LogP) is 2.47. The SMILES string of the molecule is Cc1noc(C)c1C(=O)NCc1ccc(Cn2cccn2)cc1. The number of carbonyl (C=O) groups excluding carboxylic acids is 1. The average Bonchev–Trinajstić information content (AvgIpc) is 3.16. The van der Waals surface area contributed by atoms with Crippen LogP contribution in [0.1, 0.15) is 32.9 Å². The van der Waals surface area contributed by atoms with Crippen molar-refractivity contribution < 1.29 is 9.32 Å². The summed E-state index contributed by atoms with van der Waals surface area (Å²) in [4.78, 5) is 12.2. The minimum atomic E-state index is -0.165. The van der Waals surface area contributed by atoms with Gasteiger partial charge >= 0.3 is 0 Å². The molecule has 2 aromatic heterocycles. The first kappa shape index (κ1) is 15.0. The van der Waals surface area contributed by atoms with Crippen LogP contribution in [-0.2, 0) is 13.1 Å². The fraction of sp³-hybridized carbons (Fsp3) is 0.235. The van der Waals surface area contributed by atoms with Gasteiger partial charge in [0.2, 0.25) is 0 Å². The second-order valence-corrected chi connectivity index (χ2v) is 5.40. The molecule has 0 aliphatic carbocycles. The van der Waals surface area contributed by atoms with Crippen molar-refractivity contribution >= 4 is 5.91 Å². The summed E-state index contributed by atoms with van der Waals surface area (Å²) in [5.41, 5.74) is 3.32. The van der Waals surface area contributed by atoms with Crippen molar-refractivity contribution in [3.8, 4) is 0 Å². The lowest BCUT2D eigenvalue weighted by Gasteiger charge is -2.07. The second kappa shape index (κ2) is 6.48. The van der Waals surface area contributed by atoms with Crippen LogP contribution in [0.2, 0.25) is 0 Å². The molecule has 2 heterocycles. The zero-order chi connectivity index (χ0) is 16.2.